The van der Waals surface area contributed by atoms with Crippen LogP contribution < -0.4 is 9.64 Å². The number of ether oxygens (including phenoxy) is 1. The van der Waals surface area contributed by atoms with Crippen LogP contribution in [-0.2, 0) is 4.79 Å². The molecule has 4 heteroatoms. The van der Waals surface area contributed by atoms with E-state index in [-0.39, 0.29) is 5.91 Å². The normalized spacial score (nSPS) is 15.7. The van der Waals surface area contributed by atoms with Crippen molar-refractivity contribution in [2.45, 2.75) is 33.8 Å². The van der Waals surface area contributed by atoms with Crippen LogP contribution in [0.4, 0.5) is 5.69 Å². The number of nitrogens with zero attached hydrogens (tertiary/aromatic N) is 2. The number of rotatable bonds is 4. The zero-order valence-electron chi connectivity index (χ0n) is 16.2. The first-order valence-electron chi connectivity index (χ1n) is 9.29. The molecule has 1 amide bonds. The van der Waals surface area contributed by atoms with Crippen LogP contribution in [0.2, 0.25) is 0 Å². The molecule has 0 bridgehead atoms. The molecule has 26 heavy (non-hydrogen) atoms. The molecule has 138 valence electrons. The number of piperazine rings is 1. The van der Waals surface area contributed by atoms with E-state index in [1.165, 1.54) is 16.8 Å². The summed E-state index contributed by atoms with van der Waals surface area (Å²) in [5.41, 5.74) is 4.96. The highest BCUT2D eigenvalue weighted by Gasteiger charge is 2.26. The molecule has 3 rings (SSSR count). The first-order valence-corrected chi connectivity index (χ1v) is 9.29. The van der Waals surface area contributed by atoms with Gasteiger partial charge in [0.2, 0.25) is 0 Å². The van der Waals surface area contributed by atoms with Gasteiger partial charge in [0.25, 0.3) is 5.91 Å². The van der Waals surface area contributed by atoms with Crippen LogP contribution in [-0.4, -0.2) is 43.1 Å². The van der Waals surface area contributed by atoms with Crippen LogP contribution in [0, 0.1) is 20.8 Å². The van der Waals surface area contributed by atoms with Crippen LogP contribution in [0.3, 0.4) is 0 Å². The van der Waals surface area contributed by atoms with Gasteiger partial charge in [-0.25, -0.2) is 0 Å². The van der Waals surface area contributed by atoms with E-state index in [0.29, 0.717) is 0 Å². The smallest absolute Gasteiger partial charge is 0.263 e. The summed E-state index contributed by atoms with van der Waals surface area (Å²) in [6.07, 6.45) is -0.469. The number of amides is 1. The van der Waals surface area contributed by atoms with Gasteiger partial charge in [0.05, 0.1) is 0 Å². The van der Waals surface area contributed by atoms with Gasteiger partial charge in [0.15, 0.2) is 6.10 Å². The SMILES string of the molecule is Cc1ccccc1O[C@@H](C)C(=O)N1CCN(c2cccc(C)c2C)CC1. The van der Waals surface area contributed by atoms with E-state index in [0.717, 1.165) is 37.5 Å². The van der Waals surface area contributed by atoms with Gasteiger partial charge in [-0.1, -0.05) is 30.3 Å². The monoisotopic (exact) mass is 352 g/mol. The molecular formula is C22H28N2O2. The van der Waals surface area contributed by atoms with Crippen LogP contribution in [0.1, 0.15) is 23.6 Å². The second-order valence-corrected chi connectivity index (χ2v) is 7.06. The van der Waals surface area contributed by atoms with Crippen molar-refractivity contribution >= 4 is 11.6 Å². The lowest BCUT2D eigenvalue weighted by Crippen LogP contribution is -2.52. The Morgan fingerprint density at radius 3 is 2.27 bits per heavy atom. The molecule has 2 aromatic rings. The highest BCUT2D eigenvalue weighted by Crippen LogP contribution is 2.24. The molecule has 0 aliphatic carbocycles. The minimum Gasteiger partial charge on any atom is -0.481 e. The zero-order valence-corrected chi connectivity index (χ0v) is 16.2. The molecule has 1 aliphatic rings. The van der Waals surface area contributed by atoms with Gasteiger partial charge in [0, 0.05) is 31.9 Å². The summed E-state index contributed by atoms with van der Waals surface area (Å²) >= 11 is 0. The number of anilines is 1. The molecule has 0 saturated carbocycles. The zero-order chi connectivity index (χ0) is 18.7. The third kappa shape index (κ3) is 3.85. The maximum Gasteiger partial charge on any atom is 0.263 e. The van der Waals surface area contributed by atoms with Gasteiger partial charge in [0.1, 0.15) is 5.75 Å². The van der Waals surface area contributed by atoms with Gasteiger partial charge in [-0.2, -0.15) is 0 Å². The predicted molar refractivity (Wildman–Crippen MR) is 106 cm³/mol. The molecule has 1 saturated heterocycles. The first kappa shape index (κ1) is 18.3. The lowest BCUT2D eigenvalue weighted by atomic mass is 10.1. The first-order chi connectivity index (χ1) is 12.5. The fourth-order valence-electron chi connectivity index (χ4n) is 3.43. The number of aryl methyl sites for hydroxylation is 2. The summed E-state index contributed by atoms with van der Waals surface area (Å²) in [5, 5.41) is 0. The van der Waals surface area contributed by atoms with E-state index >= 15 is 0 Å². The third-order valence-electron chi connectivity index (χ3n) is 5.25. The number of carbonyl (C=O) groups is 1. The quantitative estimate of drug-likeness (QED) is 0.841. The van der Waals surface area contributed by atoms with Crippen LogP contribution in [0.25, 0.3) is 0 Å². The molecular weight excluding hydrogens is 324 g/mol. The Kier molecular flexibility index (Phi) is 5.50. The van der Waals surface area contributed by atoms with Crippen LogP contribution >= 0.6 is 0 Å². The Morgan fingerprint density at radius 2 is 1.58 bits per heavy atom. The van der Waals surface area contributed by atoms with Crippen molar-refractivity contribution in [2.24, 2.45) is 0 Å². The van der Waals surface area contributed by atoms with Crippen molar-refractivity contribution in [1.29, 1.82) is 0 Å². The summed E-state index contributed by atoms with van der Waals surface area (Å²) in [7, 11) is 0. The van der Waals surface area contributed by atoms with E-state index in [1.807, 2.05) is 43.0 Å². The minimum absolute atomic E-state index is 0.0638. The van der Waals surface area contributed by atoms with E-state index in [1.54, 1.807) is 0 Å². The van der Waals surface area contributed by atoms with Crippen molar-refractivity contribution in [2.75, 3.05) is 31.1 Å². The Labute approximate surface area is 156 Å². The van der Waals surface area contributed by atoms with Crippen molar-refractivity contribution in [3.05, 3.63) is 59.2 Å². The molecule has 1 heterocycles. The molecule has 1 fully saturated rings. The Bertz CT molecular complexity index is 779. The summed E-state index contributed by atoms with van der Waals surface area (Å²) < 4.78 is 5.90. The largest absolute Gasteiger partial charge is 0.481 e. The van der Waals surface area contributed by atoms with Crippen molar-refractivity contribution < 1.29 is 9.53 Å². The molecule has 0 unspecified atom stereocenters. The van der Waals surface area contributed by atoms with Crippen molar-refractivity contribution in [1.82, 2.24) is 4.90 Å². The molecule has 0 aromatic heterocycles. The number of hydrogen-bond acceptors (Lipinski definition) is 3. The second kappa shape index (κ2) is 7.81. The second-order valence-electron chi connectivity index (χ2n) is 7.06. The maximum absolute atomic E-state index is 12.8. The summed E-state index contributed by atoms with van der Waals surface area (Å²) in [5.74, 6) is 0.844. The predicted octanol–water partition coefficient (Wildman–Crippen LogP) is 3.73. The lowest BCUT2D eigenvalue weighted by molar-refractivity contribution is -0.138. The average molecular weight is 352 g/mol. The van der Waals surface area contributed by atoms with E-state index in [2.05, 4.69) is 36.9 Å². The molecule has 1 aliphatic heterocycles. The maximum atomic E-state index is 12.8. The molecule has 4 nitrogen and oxygen atoms in total. The minimum atomic E-state index is -0.469. The van der Waals surface area contributed by atoms with Gasteiger partial charge in [-0.15, -0.1) is 0 Å². The van der Waals surface area contributed by atoms with Crippen LogP contribution in [0.5, 0.6) is 5.75 Å². The Balaban J connectivity index is 1.60. The fraction of sp³-hybridized carbons (Fsp3) is 0.409. The molecule has 0 spiro atoms. The van der Waals surface area contributed by atoms with Crippen molar-refractivity contribution in [3.8, 4) is 5.75 Å². The molecule has 0 N–H and O–H groups in total. The number of carbonyl (C=O) groups excluding carboxylic acids is 1. The number of hydrogen-bond donors (Lipinski definition) is 0. The standard InChI is InChI=1S/C22H28N2O2/c1-16-9-7-10-20(18(16)3)23-12-14-24(15-13-23)22(25)19(4)26-21-11-6-5-8-17(21)2/h5-11,19H,12-15H2,1-4H3/t19-/m0/s1. The number of benzene rings is 2. The average Bonchev–Trinajstić information content (AvgIpc) is 2.65. The lowest BCUT2D eigenvalue weighted by Gasteiger charge is -2.38. The summed E-state index contributed by atoms with van der Waals surface area (Å²) in [6.45, 7) is 11.3. The highest BCUT2D eigenvalue weighted by atomic mass is 16.5. The van der Waals surface area contributed by atoms with E-state index < -0.39 is 6.10 Å². The Hall–Kier alpha value is -2.49. The third-order valence-corrected chi connectivity index (χ3v) is 5.25. The number of para-hydroxylation sites is 1. The van der Waals surface area contributed by atoms with E-state index in [9.17, 15) is 4.79 Å². The summed E-state index contributed by atoms with van der Waals surface area (Å²) in [6, 6.07) is 14.2. The highest BCUT2D eigenvalue weighted by molar-refractivity contribution is 5.81. The molecule has 1 atom stereocenters. The van der Waals surface area contributed by atoms with E-state index in [4.69, 9.17) is 4.74 Å². The van der Waals surface area contributed by atoms with Gasteiger partial charge in [-0.05, 0) is 56.5 Å². The molecule has 0 radical (unpaired) electrons. The van der Waals surface area contributed by atoms with Gasteiger partial charge in [-0.3, -0.25) is 4.79 Å². The van der Waals surface area contributed by atoms with Crippen LogP contribution in [0.15, 0.2) is 42.5 Å². The molecule has 2 aromatic carbocycles. The topological polar surface area (TPSA) is 32.8 Å². The van der Waals surface area contributed by atoms with Gasteiger partial charge >= 0.3 is 0 Å². The van der Waals surface area contributed by atoms with Crippen molar-refractivity contribution in [3.63, 3.8) is 0 Å². The fourth-order valence-corrected chi connectivity index (χ4v) is 3.43. The summed E-state index contributed by atoms with van der Waals surface area (Å²) in [4.78, 5) is 17.1. The Morgan fingerprint density at radius 1 is 0.923 bits per heavy atom. The van der Waals surface area contributed by atoms with Gasteiger partial charge < -0.3 is 14.5 Å².